The summed E-state index contributed by atoms with van der Waals surface area (Å²) < 4.78 is 43.4. The van der Waals surface area contributed by atoms with Gasteiger partial charge in [0.1, 0.15) is 0 Å². The van der Waals surface area contributed by atoms with Gasteiger partial charge in [-0.1, -0.05) is 24.0 Å². The number of benzene rings is 2. The Morgan fingerprint density at radius 3 is 2.58 bits per heavy atom. The van der Waals surface area contributed by atoms with Crippen molar-refractivity contribution < 1.29 is 18.0 Å². The van der Waals surface area contributed by atoms with Crippen molar-refractivity contribution in [2.45, 2.75) is 19.6 Å². The van der Waals surface area contributed by atoms with Crippen LogP contribution in [-0.2, 0) is 12.7 Å². The first-order valence-corrected chi connectivity index (χ1v) is 12.7. The molecule has 0 radical (unpaired) electrons. The number of aromatic nitrogens is 3. The number of nitrogens with one attached hydrogen (secondary N) is 1. The monoisotopic (exact) mass is 547 g/mol. The van der Waals surface area contributed by atoms with Gasteiger partial charge in [0.2, 0.25) is 5.95 Å². The fraction of sp³-hybridized carbons (Fsp3) is 0.276. The van der Waals surface area contributed by atoms with Gasteiger partial charge in [0.25, 0.3) is 5.91 Å². The third-order valence-electron chi connectivity index (χ3n) is 6.86. The van der Waals surface area contributed by atoms with Crippen LogP contribution in [0.4, 0.5) is 24.8 Å². The molecule has 0 bridgehead atoms. The molecule has 5 rings (SSSR count). The number of nitrogens with zero attached hydrogens (tertiary/aromatic N) is 5. The van der Waals surface area contributed by atoms with Crippen molar-refractivity contribution in [3.8, 4) is 11.8 Å². The van der Waals surface area contributed by atoms with Gasteiger partial charge in [0.05, 0.1) is 5.56 Å². The minimum Gasteiger partial charge on any atom is -0.366 e. The number of rotatable bonds is 4. The van der Waals surface area contributed by atoms with Gasteiger partial charge in [0, 0.05) is 61.3 Å². The summed E-state index contributed by atoms with van der Waals surface area (Å²) in [6, 6.07) is 12.5. The average molecular weight is 548 g/mol. The smallest absolute Gasteiger partial charge is 0.366 e. The molecule has 206 valence electrons. The molecule has 1 aliphatic heterocycles. The van der Waals surface area contributed by atoms with Crippen molar-refractivity contribution in [1.29, 1.82) is 0 Å². The molecule has 3 N–H and O–H groups in total. The molecule has 40 heavy (non-hydrogen) atoms. The Hall–Kier alpha value is -4.40. The summed E-state index contributed by atoms with van der Waals surface area (Å²) in [5.74, 6) is 5.75. The number of nitrogens with two attached hydrogens (primary N) is 1. The number of likely N-dealkylation sites (N-methyl/N-ethyl adjacent to an activating group) is 1. The van der Waals surface area contributed by atoms with Crippen LogP contribution >= 0.6 is 0 Å². The zero-order chi connectivity index (χ0) is 28.4. The summed E-state index contributed by atoms with van der Waals surface area (Å²) in [5.41, 5.74) is 8.15. The van der Waals surface area contributed by atoms with E-state index in [1.54, 1.807) is 41.0 Å². The molecular weight excluding hydrogens is 519 g/mol. The molecule has 0 unspecified atom stereocenters. The van der Waals surface area contributed by atoms with Crippen LogP contribution in [0, 0.1) is 18.8 Å². The lowest BCUT2D eigenvalue weighted by atomic mass is 10.0. The predicted octanol–water partition coefficient (Wildman–Crippen LogP) is 4.04. The number of hydrogen-bond acceptors (Lipinski definition) is 6. The predicted molar refractivity (Wildman–Crippen MR) is 147 cm³/mol. The molecule has 2 aromatic carbocycles. The lowest BCUT2D eigenvalue weighted by molar-refractivity contribution is -0.138. The van der Waals surface area contributed by atoms with Crippen LogP contribution in [0.25, 0.3) is 5.65 Å². The molecule has 2 aromatic heterocycles. The lowest BCUT2D eigenvalue weighted by Gasteiger charge is -2.33. The Labute approximate surface area is 229 Å². The SMILES string of the molecule is Cc1ccc(C(=O)Nc2ccc(CN3CCN(C)CC3)c(C(F)(F)F)c2)cc1C#Cc1ccn2nc(N)nc2c1. The van der Waals surface area contributed by atoms with Gasteiger partial charge in [-0.15, -0.1) is 5.10 Å². The first kappa shape index (κ1) is 27.2. The largest absolute Gasteiger partial charge is 0.416 e. The lowest BCUT2D eigenvalue weighted by Crippen LogP contribution is -2.44. The summed E-state index contributed by atoms with van der Waals surface area (Å²) in [7, 11) is 2.00. The summed E-state index contributed by atoms with van der Waals surface area (Å²) in [6.07, 6.45) is -2.85. The van der Waals surface area contributed by atoms with Crippen molar-refractivity contribution >= 4 is 23.2 Å². The highest BCUT2D eigenvalue weighted by atomic mass is 19.4. The highest BCUT2D eigenvalue weighted by molar-refractivity contribution is 6.04. The van der Waals surface area contributed by atoms with E-state index in [9.17, 15) is 18.0 Å². The molecule has 1 aliphatic rings. The fourth-order valence-electron chi connectivity index (χ4n) is 4.52. The molecule has 8 nitrogen and oxygen atoms in total. The fourth-order valence-corrected chi connectivity index (χ4v) is 4.52. The van der Waals surface area contributed by atoms with E-state index in [4.69, 9.17) is 5.73 Å². The van der Waals surface area contributed by atoms with Crippen molar-refractivity contribution in [1.82, 2.24) is 24.4 Å². The van der Waals surface area contributed by atoms with E-state index in [1.807, 2.05) is 18.9 Å². The van der Waals surface area contributed by atoms with E-state index >= 15 is 0 Å². The van der Waals surface area contributed by atoms with Crippen LogP contribution in [-0.4, -0.2) is 63.5 Å². The maximum absolute atomic E-state index is 13.9. The molecule has 3 heterocycles. The standard InChI is InChI=1S/C29H28F3N7O/c1-19-3-5-22(16-21(19)6-4-20-9-10-39-26(15-20)35-28(33)36-39)27(40)34-24-8-7-23(25(17-24)29(30,31)32)18-38-13-11-37(2)12-14-38/h3,5,7-10,15-17H,11-14,18H2,1-2H3,(H2,33,36)(H,34,40). The Morgan fingerprint density at radius 1 is 1.05 bits per heavy atom. The Morgan fingerprint density at radius 2 is 1.82 bits per heavy atom. The second-order valence-electron chi connectivity index (χ2n) is 9.87. The molecule has 0 atom stereocenters. The van der Waals surface area contributed by atoms with E-state index in [-0.39, 0.29) is 29.3 Å². The van der Waals surface area contributed by atoms with Crippen LogP contribution in [0.5, 0.6) is 0 Å². The minimum absolute atomic E-state index is 0.0774. The molecule has 1 fully saturated rings. The van der Waals surface area contributed by atoms with Crippen LogP contribution in [0.1, 0.15) is 38.2 Å². The molecule has 0 spiro atoms. The third kappa shape index (κ3) is 6.25. The highest BCUT2D eigenvalue weighted by Crippen LogP contribution is 2.34. The first-order valence-electron chi connectivity index (χ1n) is 12.7. The van der Waals surface area contributed by atoms with Gasteiger partial charge in [-0.25, -0.2) is 4.52 Å². The van der Waals surface area contributed by atoms with E-state index in [1.165, 1.54) is 12.1 Å². The van der Waals surface area contributed by atoms with Crippen LogP contribution in [0.3, 0.4) is 0 Å². The summed E-state index contributed by atoms with van der Waals surface area (Å²) in [6.45, 7) is 5.09. The van der Waals surface area contributed by atoms with Gasteiger partial charge >= 0.3 is 6.18 Å². The normalized spacial score (nSPS) is 14.6. The van der Waals surface area contributed by atoms with E-state index < -0.39 is 17.6 Å². The molecule has 0 saturated carbocycles. The number of anilines is 2. The van der Waals surface area contributed by atoms with Gasteiger partial charge in [-0.2, -0.15) is 18.2 Å². The summed E-state index contributed by atoms with van der Waals surface area (Å²) >= 11 is 0. The van der Waals surface area contributed by atoms with Crippen LogP contribution in [0.15, 0.2) is 54.7 Å². The molecule has 4 aromatic rings. The minimum atomic E-state index is -4.55. The van der Waals surface area contributed by atoms with Crippen molar-refractivity contribution in [2.75, 3.05) is 44.3 Å². The molecule has 1 amide bonds. The number of nitrogen functional groups attached to an aromatic ring is 1. The first-order chi connectivity index (χ1) is 19.0. The van der Waals surface area contributed by atoms with E-state index in [0.29, 0.717) is 29.9 Å². The van der Waals surface area contributed by atoms with E-state index in [0.717, 1.165) is 24.7 Å². The topological polar surface area (TPSA) is 91.8 Å². The van der Waals surface area contributed by atoms with Gasteiger partial charge in [-0.05, 0) is 61.5 Å². The van der Waals surface area contributed by atoms with Crippen molar-refractivity contribution in [2.24, 2.45) is 0 Å². The number of carbonyl (C=O) groups excluding carboxylic acids is 1. The number of amides is 1. The number of fused-ring (bicyclic) bond motifs is 1. The third-order valence-corrected chi connectivity index (χ3v) is 6.86. The Kier molecular flexibility index (Phi) is 7.47. The Balaban J connectivity index is 1.34. The number of piperazine rings is 1. The van der Waals surface area contributed by atoms with Gasteiger partial charge < -0.3 is 16.0 Å². The van der Waals surface area contributed by atoms with Gasteiger partial charge in [0.15, 0.2) is 5.65 Å². The molecular formula is C29H28F3N7O. The second-order valence-corrected chi connectivity index (χ2v) is 9.87. The number of carbonyl (C=O) groups is 1. The van der Waals surface area contributed by atoms with Crippen LogP contribution < -0.4 is 11.1 Å². The zero-order valence-electron chi connectivity index (χ0n) is 22.1. The van der Waals surface area contributed by atoms with Crippen molar-refractivity contribution in [3.63, 3.8) is 0 Å². The van der Waals surface area contributed by atoms with Crippen molar-refractivity contribution in [3.05, 3.63) is 88.1 Å². The molecule has 0 aliphatic carbocycles. The summed E-state index contributed by atoms with van der Waals surface area (Å²) in [5, 5.41) is 6.64. The average Bonchev–Trinajstić information content (AvgIpc) is 3.29. The Bertz CT molecular complexity index is 1630. The number of pyridine rings is 1. The highest BCUT2D eigenvalue weighted by Gasteiger charge is 2.34. The molecule has 1 saturated heterocycles. The van der Waals surface area contributed by atoms with E-state index in [2.05, 4.69) is 32.1 Å². The molecule has 11 heteroatoms. The quantitative estimate of drug-likeness (QED) is 0.375. The number of hydrogen-bond donors (Lipinski definition) is 2. The second kappa shape index (κ2) is 11.0. The zero-order valence-corrected chi connectivity index (χ0v) is 22.1. The number of halogens is 3. The summed E-state index contributed by atoms with van der Waals surface area (Å²) in [4.78, 5) is 21.3. The number of alkyl halides is 3. The number of aryl methyl sites for hydroxylation is 1. The maximum atomic E-state index is 13.9. The van der Waals surface area contributed by atoms with Crippen LogP contribution in [0.2, 0.25) is 0 Å². The van der Waals surface area contributed by atoms with Gasteiger partial charge in [-0.3, -0.25) is 9.69 Å². The maximum Gasteiger partial charge on any atom is 0.416 e.